The van der Waals surface area contributed by atoms with Crippen molar-refractivity contribution in [1.82, 2.24) is 9.13 Å². The lowest BCUT2D eigenvalue weighted by Gasteiger charge is -2.16. The topological polar surface area (TPSA) is 64.2 Å². The van der Waals surface area contributed by atoms with E-state index < -0.39 is 5.97 Å². The Morgan fingerprint density at radius 1 is 1.21 bits per heavy atom. The van der Waals surface area contributed by atoms with Crippen LogP contribution in [0.5, 0.6) is 0 Å². The lowest BCUT2D eigenvalue weighted by molar-refractivity contribution is -0.137. The van der Waals surface area contributed by atoms with Crippen molar-refractivity contribution in [2.24, 2.45) is 0 Å². The van der Waals surface area contributed by atoms with Gasteiger partial charge in [0.15, 0.2) is 0 Å². The van der Waals surface area contributed by atoms with Crippen LogP contribution in [-0.2, 0) is 11.3 Å². The molecule has 0 saturated carbocycles. The number of rotatable bonds is 7. The molecule has 1 aliphatic heterocycles. The Morgan fingerprint density at radius 2 is 1.97 bits per heavy atom. The summed E-state index contributed by atoms with van der Waals surface area (Å²) < 4.78 is 3.57. The maximum atomic E-state index is 13.5. The van der Waals surface area contributed by atoms with Gasteiger partial charge >= 0.3 is 11.7 Å². The van der Waals surface area contributed by atoms with Crippen molar-refractivity contribution in [3.63, 3.8) is 0 Å². The number of thioether (sulfide) groups is 1. The van der Waals surface area contributed by atoms with Crippen molar-refractivity contribution in [3.05, 3.63) is 64.1 Å². The number of aryl methyl sites for hydroxylation is 1. The van der Waals surface area contributed by atoms with Crippen LogP contribution in [0.2, 0.25) is 0 Å². The molecule has 2 unspecified atom stereocenters. The number of carbonyl (C=O) groups is 1. The zero-order chi connectivity index (χ0) is 20.5. The van der Waals surface area contributed by atoms with Gasteiger partial charge in [-0.15, -0.1) is 11.8 Å². The monoisotopic (exact) mass is 410 g/mol. The van der Waals surface area contributed by atoms with Gasteiger partial charge in [-0.1, -0.05) is 37.6 Å². The van der Waals surface area contributed by atoms with Crippen LogP contribution in [0.3, 0.4) is 0 Å². The highest BCUT2D eigenvalue weighted by Gasteiger charge is 2.28. The summed E-state index contributed by atoms with van der Waals surface area (Å²) in [5.41, 5.74) is 4.22. The SMILES string of the molecule is CCCC(CC(=O)O)n1c(=O)n(CC2CSc3cccc(C)c32)c2ccccc21. The van der Waals surface area contributed by atoms with Crippen LogP contribution < -0.4 is 5.69 Å². The Morgan fingerprint density at radius 3 is 2.69 bits per heavy atom. The minimum Gasteiger partial charge on any atom is -0.481 e. The van der Waals surface area contributed by atoms with Crippen molar-refractivity contribution in [3.8, 4) is 0 Å². The molecule has 0 radical (unpaired) electrons. The molecular formula is C23H26N2O3S. The van der Waals surface area contributed by atoms with Crippen LogP contribution in [0.25, 0.3) is 11.0 Å². The first-order valence-corrected chi connectivity index (χ1v) is 11.1. The van der Waals surface area contributed by atoms with E-state index >= 15 is 0 Å². The Hall–Kier alpha value is -2.47. The molecule has 2 heterocycles. The van der Waals surface area contributed by atoms with Crippen LogP contribution >= 0.6 is 11.8 Å². The predicted octanol–water partition coefficient (Wildman–Crippen LogP) is 4.82. The number of aromatic nitrogens is 2. The van der Waals surface area contributed by atoms with Gasteiger partial charge in [-0.05, 0) is 42.7 Å². The fourth-order valence-electron chi connectivity index (χ4n) is 4.56. The second kappa shape index (κ2) is 8.11. The first kappa shape index (κ1) is 19.8. The standard InChI is InChI=1S/C23H26N2O3S/c1-3-7-17(12-21(26)27)25-19-10-5-4-9-18(19)24(23(25)28)13-16-14-29-20-11-6-8-15(2)22(16)20/h4-6,8-11,16-17H,3,7,12-14H2,1-2H3,(H,26,27). The summed E-state index contributed by atoms with van der Waals surface area (Å²) in [6.07, 6.45) is 1.46. The van der Waals surface area contributed by atoms with E-state index in [9.17, 15) is 14.7 Å². The zero-order valence-electron chi connectivity index (χ0n) is 16.8. The molecule has 29 heavy (non-hydrogen) atoms. The van der Waals surface area contributed by atoms with Gasteiger partial charge in [0.25, 0.3) is 0 Å². The average Bonchev–Trinajstić information content (AvgIpc) is 3.22. The predicted molar refractivity (Wildman–Crippen MR) is 117 cm³/mol. The van der Waals surface area contributed by atoms with Crippen LogP contribution in [0, 0.1) is 6.92 Å². The second-order valence-corrected chi connectivity index (χ2v) is 8.85. The molecule has 2 aromatic carbocycles. The number of hydrogen-bond donors (Lipinski definition) is 1. The van der Waals surface area contributed by atoms with E-state index in [1.54, 1.807) is 4.57 Å². The maximum Gasteiger partial charge on any atom is 0.329 e. The largest absolute Gasteiger partial charge is 0.481 e. The molecule has 1 aliphatic rings. The highest BCUT2D eigenvalue weighted by molar-refractivity contribution is 7.99. The summed E-state index contributed by atoms with van der Waals surface area (Å²) in [6, 6.07) is 13.8. The number of carboxylic acids is 1. The first-order chi connectivity index (χ1) is 14.0. The Balaban J connectivity index is 1.80. The number of nitrogens with zero attached hydrogens (tertiary/aromatic N) is 2. The molecule has 3 aromatic rings. The van der Waals surface area contributed by atoms with Crippen LogP contribution in [0.4, 0.5) is 0 Å². The number of hydrogen-bond acceptors (Lipinski definition) is 3. The third-order valence-corrected chi connectivity index (χ3v) is 7.04. The molecule has 4 rings (SSSR count). The number of benzene rings is 2. The molecule has 152 valence electrons. The lowest BCUT2D eigenvalue weighted by atomic mass is 9.96. The van der Waals surface area contributed by atoms with E-state index in [1.807, 2.05) is 47.5 Å². The smallest absolute Gasteiger partial charge is 0.329 e. The van der Waals surface area contributed by atoms with E-state index in [1.165, 1.54) is 16.0 Å². The average molecular weight is 411 g/mol. The second-order valence-electron chi connectivity index (χ2n) is 7.79. The highest BCUT2D eigenvalue weighted by atomic mass is 32.2. The van der Waals surface area contributed by atoms with Gasteiger partial charge in [-0.25, -0.2) is 4.79 Å². The number of imidazole rings is 1. The summed E-state index contributed by atoms with van der Waals surface area (Å²) in [4.78, 5) is 26.2. The minimum atomic E-state index is -0.871. The quantitative estimate of drug-likeness (QED) is 0.607. The van der Waals surface area contributed by atoms with E-state index in [0.29, 0.717) is 13.0 Å². The third-order valence-electron chi connectivity index (χ3n) is 5.80. The molecule has 0 fully saturated rings. The Bertz CT molecular complexity index is 1110. The van der Waals surface area contributed by atoms with Gasteiger partial charge in [0.05, 0.1) is 17.5 Å². The molecule has 1 aromatic heterocycles. The van der Waals surface area contributed by atoms with E-state index in [-0.39, 0.29) is 24.1 Å². The normalized spacial score (nSPS) is 16.8. The van der Waals surface area contributed by atoms with Gasteiger partial charge < -0.3 is 5.11 Å². The highest BCUT2D eigenvalue weighted by Crippen LogP contribution is 2.42. The lowest BCUT2D eigenvalue weighted by Crippen LogP contribution is -2.30. The van der Waals surface area contributed by atoms with Crippen LogP contribution in [-0.4, -0.2) is 26.0 Å². The van der Waals surface area contributed by atoms with Crippen molar-refractivity contribution >= 4 is 28.8 Å². The Labute approximate surface area is 174 Å². The number of para-hydroxylation sites is 2. The molecule has 5 nitrogen and oxygen atoms in total. The molecule has 0 amide bonds. The van der Waals surface area contributed by atoms with E-state index in [4.69, 9.17) is 0 Å². The van der Waals surface area contributed by atoms with Crippen molar-refractivity contribution in [1.29, 1.82) is 0 Å². The fourth-order valence-corrected chi connectivity index (χ4v) is 5.87. The minimum absolute atomic E-state index is 0.0387. The maximum absolute atomic E-state index is 13.5. The van der Waals surface area contributed by atoms with Crippen molar-refractivity contribution < 1.29 is 9.90 Å². The van der Waals surface area contributed by atoms with Crippen molar-refractivity contribution in [2.45, 2.75) is 56.5 Å². The molecule has 2 atom stereocenters. The molecule has 0 bridgehead atoms. The van der Waals surface area contributed by atoms with Gasteiger partial charge in [-0.3, -0.25) is 13.9 Å². The van der Waals surface area contributed by atoms with Crippen LogP contribution in [0.15, 0.2) is 52.2 Å². The fraction of sp³-hybridized carbons (Fsp3) is 0.391. The Kier molecular flexibility index (Phi) is 5.54. The van der Waals surface area contributed by atoms with E-state index in [2.05, 4.69) is 25.1 Å². The van der Waals surface area contributed by atoms with Gasteiger partial charge in [-0.2, -0.15) is 0 Å². The summed E-state index contributed by atoms with van der Waals surface area (Å²) in [6.45, 7) is 4.77. The summed E-state index contributed by atoms with van der Waals surface area (Å²) >= 11 is 1.85. The van der Waals surface area contributed by atoms with E-state index in [0.717, 1.165) is 23.2 Å². The summed E-state index contributed by atoms with van der Waals surface area (Å²) in [5, 5.41) is 9.39. The van der Waals surface area contributed by atoms with Crippen molar-refractivity contribution in [2.75, 3.05) is 5.75 Å². The molecule has 0 aliphatic carbocycles. The van der Waals surface area contributed by atoms with Gasteiger partial charge in [0.1, 0.15) is 0 Å². The molecule has 6 heteroatoms. The molecule has 1 N–H and O–H groups in total. The molecule has 0 saturated heterocycles. The van der Waals surface area contributed by atoms with Crippen LogP contribution in [0.1, 0.15) is 49.3 Å². The third kappa shape index (κ3) is 3.62. The molecular weight excluding hydrogens is 384 g/mol. The number of carboxylic acid groups (broad SMARTS) is 1. The zero-order valence-corrected chi connectivity index (χ0v) is 17.6. The molecule has 0 spiro atoms. The first-order valence-electron chi connectivity index (χ1n) is 10.1. The number of fused-ring (bicyclic) bond motifs is 2. The summed E-state index contributed by atoms with van der Waals surface area (Å²) in [7, 11) is 0. The van der Waals surface area contributed by atoms with Gasteiger partial charge in [0, 0.05) is 29.2 Å². The summed E-state index contributed by atoms with van der Waals surface area (Å²) in [5.74, 6) is 0.362. The number of aliphatic carboxylic acids is 1. The van der Waals surface area contributed by atoms with Gasteiger partial charge in [0.2, 0.25) is 0 Å².